The van der Waals surface area contributed by atoms with Gasteiger partial charge in [-0.1, -0.05) is 29.3 Å². The van der Waals surface area contributed by atoms with Crippen molar-refractivity contribution in [3.8, 4) is 34.6 Å². The molecule has 3 rings (SSSR count). The molecule has 0 aliphatic carbocycles. The van der Waals surface area contributed by atoms with E-state index in [1.54, 1.807) is 30.5 Å². The fourth-order valence-corrected chi connectivity index (χ4v) is 3.74. The maximum Gasteiger partial charge on any atom is 0.203 e. The molecule has 0 aliphatic heterocycles. The van der Waals surface area contributed by atoms with Crippen molar-refractivity contribution in [2.45, 2.75) is 0 Å². The Labute approximate surface area is 188 Å². The van der Waals surface area contributed by atoms with E-state index in [1.165, 1.54) is 32.7 Å². The van der Waals surface area contributed by atoms with Gasteiger partial charge < -0.3 is 19.5 Å². The lowest BCUT2D eigenvalue weighted by atomic mass is 10.2. The molecule has 1 N–H and O–H groups in total. The van der Waals surface area contributed by atoms with Crippen molar-refractivity contribution in [2.75, 3.05) is 26.6 Å². The van der Waals surface area contributed by atoms with Crippen LogP contribution in [0, 0.1) is 11.3 Å². The Kier molecular flexibility index (Phi) is 7.06. The molecule has 0 amide bonds. The summed E-state index contributed by atoms with van der Waals surface area (Å²) >= 11 is 13.4. The number of allylic oxidation sites excluding steroid dienone is 1. The van der Waals surface area contributed by atoms with Crippen LogP contribution in [-0.2, 0) is 0 Å². The molecule has 9 heteroatoms. The third kappa shape index (κ3) is 4.62. The van der Waals surface area contributed by atoms with Crippen molar-refractivity contribution in [1.29, 1.82) is 5.26 Å². The Morgan fingerprint density at radius 3 is 2.33 bits per heavy atom. The molecule has 0 saturated heterocycles. The van der Waals surface area contributed by atoms with Crippen molar-refractivity contribution in [1.82, 2.24) is 4.98 Å². The van der Waals surface area contributed by atoms with Gasteiger partial charge in [0.1, 0.15) is 16.6 Å². The number of nitrogens with zero attached hydrogens (tertiary/aromatic N) is 2. The number of nitriles is 1. The minimum Gasteiger partial charge on any atom is -0.493 e. The van der Waals surface area contributed by atoms with Crippen LogP contribution in [0.3, 0.4) is 0 Å². The molecule has 0 unspecified atom stereocenters. The summed E-state index contributed by atoms with van der Waals surface area (Å²) in [4.78, 5) is 4.55. The first-order valence-electron chi connectivity index (χ1n) is 8.58. The predicted molar refractivity (Wildman–Crippen MR) is 121 cm³/mol. The molecule has 0 radical (unpaired) electrons. The number of nitrogens with one attached hydrogen (secondary N) is 1. The van der Waals surface area contributed by atoms with E-state index in [9.17, 15) is 5.26 Å². The first kappa shape index (κ1) is 21.8. The maximum absolute atomic E-state index is 9.60. The van der Waals surface area contributed by atoms with Gasteiger partial charge in [0.25, 0.3) is 0 Å². The predicted octanol–water partition coefficient (Wildman–Crippen LogP) is 6.12. The lowest BCUT2D eigenvalue weighted by Crippen LogP contribution is -1.98. The molecule has 0 spiro atoms. The van der Waals surface area contributed by atoms with Crippen LogP contribution < -0.4 is 19.5 Å². The molecule has 0 saturated carbocycles. The molecular formula is C21H17Cl2N3O3S. The summed E-state index contributed by atoms with van der Waals surface area (Å²) in [5, 5.41) is 16.0. The zero-order valence-corrected chi connectivity index (χ0v) is 18.7. The van der Waals surface area contributed by atoms with Crippen LogP contribution >= 0.6 is 34.5 Å². The zero-order valence-electron chi connectivity index (χ0n) is 16.3. The van der Waals surface area contributed by atoms with E-state index in [2.05, 4.69) is 16.4 Å². The lowest BCUT2D eigenvalue weighted by Gasteiger charge is -2.14. The standard InChI is InChI=1S/C21H17Cl2N3O3S/c1-27-18-7-14(8-19(28-2)20(18)29-3)25-10-13(9-24)21-26-17(11-30-21)12-4-5-15(22)16(23)6-12/h4-8,10-11,25H,1-3H3. The van der Waals surface area contributed by atoms with Crippen LogP contribution in [0.2, 0.25) is 10.0 Å². The fraction of sp³-hybridized carbons (Fsp3) is 0.143. The Hall–Kier alpha value is -2.92. The zero-order chi connectivity index (χ0) is 21.7. The van der Waals surface area contributed by atoms with Gasteiger partial charge in [0, 0.05) is 35.0 Å². The molecule has 3 aromatic rings. The minimum atomic E-state index is 0.375. The maximum atomic E-state index is 9.60. The van der Waals surface area contributed by atoms with Gasteiger partial charge in [0.15, 0.2) is 11.5 Å². The Morgan fingerprint density at radius 1 is 1.07 bits per heavy atom. The monoisotopic (exact) mass is 461 g/mol. The molecule has 30 heavy (non-hydrogen) atoms. The number of benzene rings is 2. The number of anilines is 1. The van der Waals surface area contributed by atoms with Crippen molar-refractivity contribution < 1.29 is 14.2 Å². The summed E-state index contributed by atoms with van der Waals surface area (Å²) in [5.74, 6) is 1.49. The number of ether oxygens (including phenoxy) is 3. The van der Waals surface area contributed by atoms with Crippen LogP contribution in [0.4, 0.5) is 5.69 Å². The number of aromatic nitrogens is 1. The van der Waals surface area contributed by atoms with Gasteiger partial charge in [0.05, 0.1) is 37.1 Å². The third-order valence-corrected chi connectivity index (χ3v) is 5.73. The third-order valence-electron chi connectivity index (χ3n) is 4.12. The molecule has 2 aromatic carbocycles. The first-order chi connectivity index (χ1) is 14.5. The highest BCUT2D eigenvalue weighted by atomic mass is 35.5. The van der Waals surface area contributed by atoms with Gasteiger partial charge in [-0.2, -0.15) is 5.26 Å². The largest absolute Gasteiger partial charge is 0.493 e. The van der Waals surface area contributed by atoms with Crippen LogP contribution in [0.25, 0.3) is 16.8 Å². The number of halogens is 2. The first-order valence-corrected chi connectivity index (χ1v) is 10.2. The van der Waals surface area contributed by atoms with Gasteiger partial charge in [0.2, 0.25) is 5.75 Å². The number of thiazole rings is 1. The normalized spacial score (nSPS) is 11.0. The van der Waals surface area contributed by atoms with E-state index < -0.39 is 0 Å². The van der Waals surface area contributed by atoms with E-state index in [0.29, 0.717) is 49.3 Å². The second-order valence-electron chi connectivity index (χ2n) is 5.89. The second-order valence-corrected chi connectivity index (χ2v) is 7.57. The lowest BCUT2D eigenvalue weighted by molar-refractivity contribution is 0.324. The second kappa shape index (κ2) is 9.72. The van der Waals surface area contributed by atoms with Gasteiger partial charge in [-0.3, -0.25) is 0 Å². The minimum absolute atomic E-state index is 0.375. The average Bonchev–Trinajstić information content (AvgIpc) is 3.25. The van der Waals surface area contributed by atoms with Crippen molar-refractivity contribution in [3.63, 3.8) is 0 Å². The van der Waals surface area contributed by atoms with Crippen LogP contribution in [-0.4, -0.2) is 26.3 Å². The van der Waals surface area contributed by atoms with Crippen molar-refractivity contribution >= 4 is 45.8 Å². The van der Waals surface area contributed by atoms with E-state index >= 15 is 0 Å². The molecule has 1 heterocycles. The summed E-state index contributed by atoms with van der Waals surface area (Å²) in [5.41, 5.74) is 2.57. The molecule has 1 aromatic heterocycles. The molecule has 6 nitrogen and oxygen atoms in total. The molecule has 154 valence electrons. The highest BCUT2D eigenvalue weighted by Crippen LogP contribution is 2.40. The van der Waals surface area contributed by atoms with Crippen LogP contribution in [0.15, 0.2) is 41.9 Å². The highest BCUT2D eigenvalue weighted by Gasteiger charge is 2.14. The van der Waals surface area contributed by atoms with Crippen LogP contribution in [0.1, 0.15) is 5.01 Å². The van der Waals surface area contributed by atoms with Gasteiger partial charge in [-0.25, -0.2) is 4.98 Å². The van der Waals surface area contributed by atoms with E-state index in [1.807, 2.05) is 11.4 Å². The highest BCUT2D eigenvalue weighted by molar-refractivity contribution is 7.11. The quantitative estimate of drug-likeness (QED) is 0.427. The summed E-state index contributed by atoms with van der Waals surface area (Å²) in [6, 6.07) is 10.9. The Morgan fingerprint density at radius 2 is 1.77 bits per heavy atom. The number of methoxy groups -OCH3 is 3. The fourth-order valence-electron chi connectivity index (χ4n) is 2.65. The SMILES string of the molecule is COc1cc(NC=C(C#N)c2nc(-c3ccc(Cl)c(Cl)c3)cs2)cc(OC)c1OC. The number of hydrogen-bond acceptors (Lipinski definition) is 7. The molecule has 0 bridgehead atoms. The topological polar surface area (TPSA) is 76.4 Å². The molecule has 0 atom stereocenters. The summed E-state index contributed by atoms with van der Waals surface area (Å²) in [7, 11) is 4.62. The Balaban J connectivity index is 1.88. The van der Waals surface area contributed by atoms with E-state index in [4.69, 9.17) is 37.4 Å². The van der Waals surface area contributed by atoms with Gasteiger partial charge in [-0.05, 0) is 12.1 Å². The summed E-state index contributed by atoms with van der Waals surface area (Å²) in [6.45, 7) is 0. The van der Waals surface area contributed by atoms with E-state index in [-0.39, 0.29) is 0 Å². The summed E-state index contributed by atoms with van der Waals surface area (Å²) < 4.78 is 16.0. The van der Waals surface area contributed by atoms with E-state index in [0.717, 1.165) is 5.56 Å². The average molecular weight is 462 g/mol. The van der Waals surface area contributed by atoms with Crippen LogP contribution in [0.5, 0.6) is 17.2 Å². The Bertz CT molecular complexity index is 1110. The van der Waals surface area contributed by atoms with Gasteiger partial charge in [-0.15, -0.1) is 11.3 Å². The summed E-state index contributed by atoms with van der Waals surface area (Å²) in [6.07, 6.45) is 1.58. The van der Waals surface area contributed by atoms with Gasteiger partial charge >= 0.3 is 0 Å². The number of rotatable bonds is 7. The molecule has 0 fully saturated rings. The van der Waals surface area contributed by atoms with Crippen molar-refractivity contribution in [2.24, 2.45) is 0 Å². The molecule has 0 aliphatic rings. The number of hydrogen-bond donors (Lipinski definition) is 1. The smallest absolute Gasteiger partial charge is 0.203 e. The molecular weight excluding hydrogens is 445 g/mol. The van der Waals surface area contributed by atoms with Crippen molar-refractivity contribution in [3.05, 3.63) is 57.0 Å².